The molecule has 4 amide bonds. The van der Waals surface area contributed by atoms with Crippen molar-refractivity contribution < 1.29 is 33.0 Å². The lowest BCUT2D eigenvalue weighted by Crippen LogP contribution is -2.51. The highest BCUT2D eigenvalue weighted by atomic mass is 19.1. The minimum Gasteiger partial charge on any atom is -0.453 e. The summed E-state index contributed by atoms with van der Waals surface area (Å²) in [6.45, 7) is 10.7. The number of rotatable bonds is 14. The van der Waals surface area contributed by atoms with Gasteiger partial charge in [-0.15, -0.1) is 0 Å². The lowest BCUT2D eigenvalue weighted by molar-refractivity contribution is -0.136. The van der Waals surface area contributed by atoms with E-state index >= 15 is 0 Å². The van der Waals surface area contributed by atoms with E-state index in [2.05, 4.69) is 74.0 Å². The van der Waals surface area contributed by atoms with Crippen molar-refractivity contribution in [1.29, 1.82) is 0 Å². The Morgan fingerprint density at radius 3 is 1.52 bits per heavy atom. The molecule has 0 bridgehead atoms. The number of hydrogen-bond acceptors (Lipinski definition) is 9. The number of aromatic amines is 2. The van der Waals surface area contributed by atoms with Gasteiger partial charge in [0.2, 0.25) is 11.8 Å². The SMILES string of the molecule is CCOC(=O)N[C@H](C(=O)N1CCC[C@H]1c1ncc(-c2ccc([C@H]3CC[C@@H](c4ccc(-c5cnc([C@@H]6CCCN6C(=O)[C@@H](NC(=O)OC)C(C)C)[nH]5)cc4)N3c3ccc(F)cc3)cc2)[nH]1)C(C)C. The van der Waals surface area contributed by atoms with Gasteiger partial charge in [-0.05, 0) is 104 Å². The largest absolute Gasteiger partial charge is 0.453 e. The summed E-state index contributed by atoms with van der Waals surface area (Å²) < 4.78 is 24.2. The number of nitrogens with zero attached hydrogens (tertiary/aromatic N) is 5. The second kappa shape index (κ2) is 20.4. The number of halogens is 1. The van der Waals surface area contributed by atoms with Crippen LogP contribution in [-0.4, -0.2) is 92.6 Å². The van der Waals surface area contributed by atoms with Crippen LogP contribution in [0.2, 0.25) is 0 Å². The number of carbonyl (C=O) groups is 4. The van der Waals surface area contributed by atoms with Crippen molar-refractivity contribution in [1.82, 2.24) is 40.4 Å². The molecule has 3 fully saturated rings. The van der Waals surface area contributed by atoms with Gasteiger partial charge in [0.1, 0.15) is 29.5 Å². The minimum absolute atomic E-state index is 0.0297. The van der Waals surface area contributed by atoms with Crippen LogP contribution in [0.5, 0.6) is 0 Å². The van der Waals surface area contributed by atoms with Gasteiger partial charge in [-0.1, -0.05) is 76.2 Å². The number of methoxy groups -OCH3 is 1. The molecule has 3 saturated heterocycles. The molecule has 0 radical (unpaired) electrons. The first-order chi connectivity index (χ1) is 32.3. The smallest absolute Gasteiger partial charge is 0.407 e. The third kappa shape index (κ3) is 10.0. The number of anilines is 1. The van der Waals surface area contributed by atoms with E-state index in [9.17, 15) is 23.6 Å². The highest BCUT2D eigenvalue weighted by Crippen LogP contribution is 2.47. The van der Waals surface area contributed by atoms with Crippen molar-refractivity contribution in [2.24, 2.45) is 11.8 Å². The number of nitrogens with one attached hydrogen (secondary N) is 4. The molecule has 16 heteroatoms. The molecule has 0 unspecified atom stereocenters. The summed E-state index contributed by atoms with van der Waals surface area (Å²) in [4.78, 5) is 74.3. The van der Waals surface area contributed by atoms with Gasteiger partial charge in [0.25, 0.3) is 0 Å². The lowest BCUT2D eigenvalue weighted by atomic mass is 10.0. The van der Waals surface area contributed by atoms with E-state index in [-0.39, 0.29) is 60.2 Å². The number of imidazole rings is 2. The summed E-state index contributed by atoms with van der Waals surface area (Å²) in [5.41, 5.74) is 6.82. The molecule has 4 N–H and O–H groups in total. The lowest BCUT2D eigenvalue weighted by Gasteiger charge is -2.33. The van der Waals surface area contributed by atoms with Gasteiger partial charge in [-0.2, -0.15) is 0 Å². The predicted molar refractivity (Wildman–Crippen MR) is 252 cm³/mol. The fourth-order valence-corrected chi connectivity index (χ4v) is 10.0. The fourth-order valence-electron chi connectivity index (χ4n) is 10.0. The minimum atomic E-state index is -0.710. The first-order valence-corrected chi connectivity index (χ1v) is 23.6. The van der Waals surface area contributed by atoms with Crippen LogP contribution in [0.1, 0.15) is 120 Å². The zero-order valence-electron chi connectivity index (χ0n) is 39.1. The molecule has 0 saturated carbocycles. The summed E-state index contributed by atoms with van der Waals surface area (Å²) in [5, 5.41) is 5.46. The molecule has 5 aromatic rings. The van der Waals surface area contributed by atoms with Gasteiger partial charge < -0.3 is 44.8 Å². The Balaban J connectivity index is 0.970. The normalized spacial score (nSPS) is 20.3. The summed E-state index contributed by atoms with van der Waals surface area (Å²) in [6, 6.07) is 21.8. The monoisotopic (exact) mass is 915 g/mol. The number of benzene rings is 3. The second-order valence-electron chi connectivity index (χ2n) is 18.4. The molecule has 0 aliphatic carbocycles. The van der Waals surface area contributed by atoms with Gasteiger partial charge in [-0.3, -0.25) is 9.59 Å². The van der Waals surface area contributed by atoms with Crippen molar-refractivity contribution in [3.63, 3.8) is 0 Å². The van der Waals surface area contributed by atoms with Gasteiger partial charge >= 0.3 is 12.2 Å². The molecule has 3 aliphatic heterocycles. The van der Waals surface area contributed by atoms with Crippen LogP contribution in [0.15, 0.2) is 85.2 Å². The van der Waals surface area contributed by atoms with E-state index in [1.165, 1.54) is 19.2 Å². The predicted octanol–water partition coefficient (Wildman–Crippen LogP) is 9.17. The van der Waals surface area contributed by atoms with E-state index < -0.39 is 24.3 Å². The maximum absolute atomic E-state index is 14.3. The van der Waals surface area contributed by atoms with E-state index in [0.717, 1.165) is 77.9 Å². The van der Waals surface area contributed by atoms with E-state index in [1.807, 2.05) is 62.0 Å². The van der Waals surface area contributed by atoms with Gasteiger partial charge in [0, 0.05) is 18.8 Å². The summed E-state index contributed by atoms with van der Waals surface area (Å²) >= 11 is 0. The number of amides is 4. The highest BCUT2D eigenvalue weighted by Gasteiger charge is 2.40. The molecule has 0 spiro atoms. The van der Waals surface area contributed by atoms with Crippen molar-refractivity contribution in [2.45, 2.75) is 109 Å². The summed E-state index contributed by atoms with van der Waals surface area (Å²) in [5.74, 6) is 0.580. The fraction of sp³-hybridized carbons (Fsp3) is 0.451. The Kier molecular flexibility index (Phi) is 14.3. The first-order valence-electron chi connectivity index (χ1n) is 23.6. The van der Waals surface area contributed by atoms with Crippen LogP contribution in [0.3, 0.4) is 0 Å². The van der Waals surface area contributed by atoms with Crippen LogP contribution < -0.4 is 15.5 Å². The van der Waals surface area contributed by atoms with Crippen LogP contribution >= 0.6 is 0 Å². The molecule has 6 atom stereocenters. The van der Waals surface area contributed by atoms with Crippen molar-refractivity contribution in [3.05, 3.63) is 114 Å². The Morgan fingerprint density at radius 1 is 0.657 bits per heavy atom. The molecule has 67 heavy (non-hydrogen) atoms. The Bertz CT molecular complexity index is 2510. The Morgan fingerprint density at radius 2 is 1.10 bits per heavy atom. The van der Waals surface area contributed by atoms with Gasteiger partial charge in [0.05, 0.1) is 61.7 Å². The Hall–Kier alpha value is -6.71. The number of ether oxygens (including phenoxy) is 2. The van der Waals surface area contributed by atoms with E-state index in [1.54, 1.807) is 6.92 Å². The average Bonchev–Trinajstić information content (AvgIpc) is 4.19. The molecular weight excluding hydrogens is 854 g/mol. The van der Waals surface area contributed by atoms with Crippen molar-refractivity contribution in [3.8, 4) is 22.5 Å². The number of hydrogen-bond donors (Lipinski definition) is 4. The van der Waals surface area contributed by atoms with E-state index in [0.29, 0.717) is 24.7 Å². The topological polar surface area (TPSA) is 178 Å². The van der Waals surface area contributed by atoms with Crippen LogP contribution in [0, 0.1) is 17.7 Å². The molecule has 3 aromatic carbocycles. The standard InChI is InChI=1S/C51H62FN9O6/c1-7-67-51(65)58-45(31(4)5)49(63)60-27-9-11-43(60)47-54-29-39(56-47)33-14-18-35(19-15-33)41-25-24-40(61(41)37-22-20-36(52)21-23-37)34-16-12-32(13-17-34)38-28-53-46(55-38)42-10-8-26-59(42)48(62)44(30(2)3)57-50(64)66-6/h12-23,28-31,40-45H,7-11,24-27H2,1-6H3,(H,53,55)(H,54,56)(H,57,64)(H,58,65)/t40-,41+,42-,43-,44-,45-/m0/s1. The van der Waals surface area contributed by atoms with Crippen LogP contribution in [-0.2, 0) is 19.1 Å². The zero-order valence-corrected chi connectivity index (χ0v) is 39.1. The van der Waals surface area contributed by atoms with Crippen molar-refractivity contribution >= 4 is 29.7 Å². The molecule has 8 rings (SSSR count). The quantitative estimate of drug-likeness (QED) is 0.0846. The molecule has 15 nitrogen and oxygen atoms in total. The highest BCUT2D eigenvalue weighted by molar-refractivity contribution is 5.87. The average molecular weight is 916 g/mol. The number of likely N-dealkylation sites (tertiary alicyclic amines) is 2. The summed E-state index contributed by atoms with van der Waals surface area (Å²) in [6.07, 6.45) is 7.34. The molecular formula is C51H62FN9O6. The third-order valence-corrected chi connectivity index (χ3v) is 13.5. The summed E-state index contributed by atoms with van der Waals surface area (Å²) in [7, 11) is 1.29. The van der Waals surface area contributed by atoms with Crippen molar-refractivity contribution in [2.75, 3.05) is 31.7 Å². The maximum atomic E-state index is 14.3. The number of aromatic nitrogens is 4. The third-order valence-electron chi connectivity index (χ3n) is 13.5. The van der Waals surface area contributed by atoms with Gasteiger partial charge in [-0.25, -0.2) is 23.9 Å². The number of H-pyrrole nitrogens is 2. The zero-order chi connectivity index (χ0) is 47.4. The van der Waals surface area contributed by atoms with E-state index in [4.69, 9.17) is 19.4 Å². The molecule has 3 aliphatic rings. The van der Waals surface area contributed by atoms with Crippen LogP contribution in [0.4, 0.5) is 19.7 Å². The maximum Gasteiger partial charge on any atom is 0.407 e. The van der Waals surface area contributed by atoms with Gasteiger partial charge in [0.15, 0.2) is 0 Å². The first kappa shape index (κ1) is 46.8. The van der Waals surface area contributed by atoms with Crippen LogP contribution in [0.25, 0.3) is 22.5 Å². The molecule has 2 aromatic heterocycles. The second-order valence-corrected chi connectivity index (χ2v) is 18.4. The number of alkyl carbamates (subject to hydrolysis) is 2. The Labute approximate surface area is 391 Å². The molecule has 354 valence electrons. The molecule has 5 heterocycles. The number of carbonyl (C=O) groups excluding carboxylic acids is 4.